The lowest BCUT2D eigenvalue weighted by atomic mass is 9.96. The van der Waals surface area contributed by atoms with E-state index >= 15 is 0 Å². The minimum absolute atomic E-state index is 0.0333. The van der Waals surface area contributed by atoms with Crippen molar-refractivity contribution in [1.82, 2.24) is 0 Å². The first-order valence-corrected chi connectivity index (χ1v) is 16.0. The fourth-order valence-corrected chi connectivity index (χ4v) is 7.03. The van der Waals surface area contributed by atoms with Gasteiger partial charge in [-0.3, -0.25) is 4.55 Å². The molecule has 23 heteroatoms. The smallest absolute Gasteiger partial charge is 0.394 e. The summed E-state index contributed by atoms with van der Waals surface area (Å²) >= 11 is 0. The number of fused-ring (bicyclic) bond motifs is 4. The zero-order chi connectivity index (χ0) is 33.9. The largest absolute Gasteiger partial charge is 0.397 e. The average molecular weight is 711 g/mol. The quantitative estimate of drug-likeness (QED) is 0.0941. The third-order valence-electron chi connectivity index (χ3n) is 8.90. The summed E-state index contributed by atoms with van der Waals surface area (Å²) in [6.45, 7) is -1.96. The topological polar surface area (TPSA) is 329 Å². The summed E-state index contributed by atoms with van der Waals surface area (Å²) < 4.78 is 86.6. The van der Waals surface area contributed by atoms with E-state index in [0.29, 0.717) is 0 Å². The maximum atomic E-state index is 11.5. The predicted molar refractivity (Wildman–Crippen MR) is 138 cm³/mol. The second-order valence-electron chi connectivity index (χ2n) is 11.9. The van der Waals surface area contributed by atoms with Gasteiger partial charge in [0, 0.05) is 0 Å². The second kappa shape index (κ2) is 14.0. The number of hydrogen-bond donors (Lipinski definition) is 10. The van der Waals surface area contributed by atoms with Gasteiger partial charge in [0.2, 0.25) is 0 Å². The maximum Gasteiger partial charge on any atom is 0.397 e. The molecule has 0 aromatic heterocycles. The molecule has 6 aliphatic heterocycles. The summed E-state index contributed by atoms with van der Waals surface area (Å²) in [4.78, 5) is 0. The Morgan fingerprint density at radius 3 is 1.77 bits per heavy atom. The molecule has 0 spiro atoms. The van der Waals surface area contributed by atoms with Crippen molar-refractivity contribution >= 4 is 10.4 Å². The van der Waals surface area contributed by atoms with Crippen LogP contribution >= 0.6 is 0 Å². The highest BCUT2D eigenvalue weighted by Crippen LogP contribution is 2.38. The minimum Gasteiger partial charge on any atom is -0.394 e. The van der Waals surface area contributed by atoms with Gasteiger partial charge < -0.3 is 88.6 Å². The Balaban J connectivity index is 1.14. The van der Waals surface area contributed by atoms with Crippen molar-refractivity contribution in [3.05, 3.63) is 0 Å². The van der Waals surface area contributed by atoms with Crippen LogP contribution in [0.2, 0.25) is 0 Å². The zero-order valence-electron chi connectivity index (χ0n) is 24.2. The lowest BCUT2D eigenvalue weighted by Crippen LogP contribution is -2.66. The molecule has 2 unspecified atom stereocenters. The molecule has 4 bridgehead atoms. The number of aliphatic hydroxyl groups is 9. The standard InChI is InChI=1S/C24H38O22S/c25-1-5-9(27)18(44-22-12(30)17-10(28)7(41-22)3-37-17)13(31)23(40-5)43-15-8-4-38-19(15)14(32)24(42-8)45-20-11(29)21(33)39-6(2-26)16(20)46-47(34,35)36/h5-33H,1-4H2,(H,34,35,36)/t5-,6-,7-,8-,9+,10?,11-,12-,13-,14-,15?,16+,17+,18+,19-,20-,21-,22-,23+,24-/m1/s1. The first kappa shape index (κ1) is 36.0. The van der Waals surface area contributed by atoms with E-state index in [-0.39, 0.29) is 13.2 Å². The van der Waals surface area contributed by atoms with Crippen molar-refractivity contribution in [3.8, 4) is 0 Å². The molecular weight excluding hydrogens is 672 g/mol. The molecule has 6 saturated heterocycles. The van der Waals surface area contributed by atoms with Crippen molar-refractivity contribution in [1.29, 1.82) is 0 Å². The third-order valence-corrected chi connectivity index (χ3v) is 9.37. The Kier molecular flexibility index (Phi) is 10.7. The molecule has 0 aliphatic carbocycles. The molecule has 6 rings (SSSR count). The number of aliphatic hydroxyl groups excluding tert-OH is 9. The van der Waals surface area contributed by atoms with Crippen LogP contribution in [-0.2, 0) is 57.2 Å². The van der Waals surface area contributed by atoms with Crippen LogP contribution in [-0.4, -0.2) is 208 Å². The Hall–Kier alpha value is -0.850. The van der Waals surface area contributed by atoms with Crippen LogP contribution < -0.4 is 0 Å². The average Bonchev–Trinajstić information content (AvgIpc) is 3.48. The van der Waals surface area contributed by atoms with Gasteiger partial charge in [-0.2, -0.15) is 8.42 Å². The first-order valence-electron chi connectivity index (χ1n) is 14.7. The lowest BCUT2D eigenvalue weighted by Gasteiger charge is -2.47. The van der Waals surface area contributed by atoms with E-state index in [1.807, 2.05) is 0 Å². The third kappa shape index (κ3) is 6.93. The zero-order valence-corrected chi connectivity index (χ0v) is 25.0. The van der Waals surface area contributed by atoms with Gasteiger partial charge >= 0.3 is 10.4 Å². The van der Waals surface area contributed by atoms with Gasteiger partial charge in [0.25, 0.3) is 0 Å². The van der Waals surface area contributed by atoms with Crippen molar-refractivity contribution in [2.75, 3.05) is 26.4 Å². The monoisotopic (exact) mass is 710 g/mol. The Morgan fingerprint density at radius 2 is 1.11 bits per heavy atom. The van der Waals surface area contributed by atoms with Crippen LogP contribution in [0.15, 0.2) is 0 Å². The van der Waals surface area contributed by atoms with E-state index in [0.717, 1.165) is 0 Å². The molecule has 20 atom stereocenters. The van der Waals surface area contributed by atoms with Crippen molar-refractivity contribution < 1.29 is 106 Å². The molecule has 0 radical (unpaired) electrons. The summed E-state index contributed by atoms with van der Waals surface area (Å²) in [6, 6.07) is 0. The lowest BCUT2D eigenvalue weighted by molar-refractivity contribution is -0.371. The highest BCUT2D eigenvalue weighted by Gasteiger charge is 2.59. The van der Waals surface area contributed by atoms with E-state index in [1.54, 1.807) is 0 Å². The van der Waals surface area contributed by atoms with Gasteiger partial charge in [0.15, 0.2) is 25.2 Å². The second-order valence-corrected chi connectivity index (χ2v) is 12.9. The van der Waals surface area contributed by atoms with Gasteiger partial charge in [-0.1, -0.05) is 0 Å². The Bertz CT molecular complexity index is 1180. The molecule has 0 aromatic carbocycles. The van der Waals surface area contributed by atoms with E-state index in [1.165, 1.54) is 0 Å². The van der Waals surface area contributed by atoms with Crippen LogP contribution in [0.1, 0.15) is 0 Å². The molecule has 10 N–H and O–H groups in total. The summed E-state index contributed by atoms with van der Waals surface area (Å²) in [5, 5.41) is 93.7. The van der Waals surface area contributed by atoms with Gasteiger partial charge in [0.05, 0.1) is 26.4 Å². The van der Waals surface area contributed by atoms with E-state index in [2.05, 4.69) is 4.18 Å². The summed E-state index contributed by atoms with van der Waals surface area (Å²) in [7, 11) is -5.20. The van der Waals surface area contributed by atoms with Crippen LogP contribution in [0.4, 0.5) is 0 Å². The molecule has 6 heterocycles. The number of ether oxygens (including phenoxy) is 9. The maximum absolute atomic E-state index is 11.5. The molecule has 0 amide bonds. The van der Waals surface area contributed by atoms with E-state index in [4.69, 9.17) is 42.6 Å². The fourth-order valence-electron chi connectivity index (χ4n) is 6.52. The van der Waals surface area contributed by atoms with Crippen molar-refractivity contribution in [2.24, 2.45) is 0 Å². The number of rotatable bonds is 10. The Labute approximate surface area is 265 Å². The summed E-state index contributed by atoms with van der Waals surface area (Å²) in [6.07, 6.45) is -30.5. The van der Waals surface area contributed by atoms with Crippen LogP contribution in [0.5, 0.6) is 0 Å². The first-order chi connectivity index (χ1) is 22.2. The normalized spacial score (nSPS) is 53.3. The van der Waals surface area contributed by atoms with Crippen LogP contribution in [0.3, 0.4) is 0 Å². The van der Waals surface area contributed by atoms with Crippen LogP contribution in [0, 0.1) is 0 Å². The van der Waals surface area contributed by atoms with Crippen LogP contribution in [0.25, 0.3) is 0 Å². The molecule has 47 heavy (non-hydrogen) atoms. The van der Waals surface area contributed by atoms with Gasteiger partial charge in [-0.05, 0) is 0 Å². The minimum atomic E-state index is -5.20. The molecule has 0 aromatic rings. The number of hydrogen-bond acceptors (Lipinski definition) is 21. The van der Waals surface area contributed by atoms with Gasteiger partial charge in [-0.25, -0.2) is 4.18 Å². The molecule has 0 saturated carbocycles. The molecule has 6 fully saturated rings. The summed E-state index contributed by atoms with van der Waals surface area (Å²) in [5.41, 5.74) is 0. The Morgan fingerprint density at radius 1 is 0.553 bits per heavy atom. The fraction of sp³-hybridized carbons (Fsp3) is 1.00. The highest BCUT2D eigenvalue weighted by atomic mass is 32.3. The molecule has 22 nitrogen and oxygen atoms in total. The predicted octanol–water partition coefficient (Wildman–Crippen LogP) is -7.83. The van der Waals surface area contributed by atoms with E-state index in [9.17, 15) is 58.9 Å². The molecular formula is C24H38O22S. The summed E-state index contributed by atoms with van der Waals surface area (Å²) in [5.74, 6) is 0. The SMILES string of the molecule is O=S(=O)(O)O[C@@H]1[C@H](O[C@H]2O[C@@H]3CO[C@@H](C3O[C@@H]3O[C@H](CO)[C@H](O)[C@H](O[C@H]4O[C@@H]5CO[C@@H](C5O)[C@H]4O)[C@H]3O)[C@H]2O)[C@@H](O)[C@H](O)O[C@@H]1CO. The molecule has 6 aliphatic rings. The highest BCUT2D eigenvalue weighted by molar-refractivity contribution is 7.80. The van der Waals surface area contributed by atoms with Crippen molar-refractivity contribution in [2.45, 2.75) is 123 Å². The van der Waals surface area contributed by atoms with Gasteiger partial charge in [-0.15, -0.1) is 0 Å². The van der Waals surface area contributed by atoms with Crippen molar-refractivity contribution in [3.63, 3.8) is 0 Å². The molecule has 272 valence electrons. The van der Waals surface area contributed by atoms with Gasteiger partial charge in [0.1, 0.15) is 97.7 Å². The van der Waals surface area contributed by atoms with E-state index < -0.39 is 146 Å².